The Morgan fingerprint density at radius 3 is 2.41 bits per heavy atom. The van der Waals surface area contributed by atoms with Crippen molar-refractivity contribution in [2.45, 2.75) is 44.7 Å². The number of halogens is 4. The lowest BCUT2D eigenvalue weighted by molar-refractivity contribution is -0.134. The second kappa shape index (κ2) is 10.6. The van der Waals surface area contributed by atoms with Crippen LogP contribution in [0.15, 0.2) is 18.2 Å². The van der Waals surface area contributed by atoms with Gasteiger partial charge in [0.2, 0.25) is 5.91 Å². The number of hydrogen-bond acceptors (Lipinski definition) is 3. The van der Waals surface area contributed by atoms with Crippen molar-refractivity contribution in [3.05, 3.63) is 35.4 Å². The molecule has 3 atom stereocenters. The fourth-order valence-electron chi connectivity index (χ4n) is 4.07. The van der Waals surface area contributed by atoms with E-state index in [4.69, 9.17) is 5.73 Å². The molecule has 1 saturated carbocycles. The molecule has 1 aliphatic carbocycles. The Morgan fingerprint density at radius 2 is 1.85 bits per heavy atom. The summed E-state index contributed by atoms with van der Waals surface area (Å²) in [5, 5.41) is 0. The van der Waals surface area contributed by atoms with E-state index < -0.39 is 11.6 Å². The number of benzene rings is 1. The average Bonchev–Trinajstić information content (AvgIpc) is 2.99. The van der Waals surface area contributed by atoms with Crippen LogP contribution in [0.4, 0.5) is 8.78 Å². The Balaban J connectivity index is 0.00000182. The number of hydrogen-bond donors (Lipinski definition) is 1. The van der Waals surface area contributed by atoms with Gasteiger partial charge in [-0.15, -0.1) is 24.8 Å². The fourth-order valence-corrected chi connectivity index (χ4v) is 4.07. The molecule has 0 bridgehead atoms. The summed E-state index contributed by atoms with van der Waals surface area (Å²) in [4.78, 5) is 16.5. The summed E-state index contributed by atoms with van der Waals surface area (Å²) in [5.41, 5.74) is 6.56. The molecule has 0 spiro atoms. The summed E-state index contributed by atoms with van der Waals surface area (Å²) >= 11 is 0. The van der Waals surface area contributed by atoms with Crippen LogP contribution in [0.2, 0.25) is 0 Å². The fraction of sp³-hybridized carbons (Fsp3) is 0.632. The van der Waals surface area contributed by atoms with E-state index in [0.29, 0.717) is 44.1 Å². The van der Waals surface area contributed by atoms with Gasteiger partial charge in [0.15, 0.2) is 0 Å². The van der Waals surface area contributed by atoms with Crippen LogP contribution in [-0.4, -0.2) is 47.9 Å². The summed E-state index contributed by atoms with van der Waals surface area (Å²) in [5.74, 6) is -0.574. The van der Waals surface area contributed by atoms with Crippen molar-refractivity contribution in [1.82, 2.24) is 9.80 Å². The second-order valence-electron chi connectivity index (χ2n) is 7.32. The summed E-state index contributed by atoms with van der Waals surface area (Å²) in [6, 6.07) is 3.75. The zero-order valence-electron chi connectivity index (χ0n) is 15.6. The third-order valence-corrected chi connectivity index (χ3v) is 5.78. The van der Waals surface area contributed by atoms with E-state index in [2.05, 4.69) is 4.90 Å². The van der Waals surface area contributed by atoms with Crippen LogP contribution in [0.25, 0.3) is 0 Å². The third kappa shape index (κ3) is 5.76. The monoisotopic (exact) mass is 423 g/mol. The highest BCUT2D eigenvalue weighted by atomic mass is 35.5. The standard InChI is InChI=1S/C19H27F2N3O.2ClH/c1-13(16-6-5-15(20)12-17(16)21)23-7-9-24(10-8-23)19(25)11-14-3-2-4-18(14)22;;/h5-6,12-14,18H,2-4,7-11,22H2,1H3;2*1H/t13?,14-,18+;;/m0../s1. The van der Waals surface area contributed by atoms with Crippen molar-refractivity contribution in [3.8, 4) is 0 Å². The molecule has 4 nitrogen and oxygen atoms in total. The van der Waals surface area contributed by atoms with Crippen molar-refractivity contribution in [1.29, 1.82) is 0 Å². The summed E-state index contributed by atoms with van der Waals surface area (Å²) < 4.78 is 27.1. The molecule has 0 aromatic heterocycles. The largest absolute Gasteiger partial charge is 0.340 e. The third-order valence-electron chi connectivity index (χ3n) is 5.78. The number of nitrogens with two attached hydrogens (primary N) is 1. The molecule has 2 aliphatic rings. The van der Waals surface area contributed by atoms with Gasteiger partial charge in [-0.1, -0.05) is 12.5 Å². The predicted molar refractivity (Wildman–Crippen MR) is 107 cm³/mol. The zero-order valence-corrected chi connectivity index (χ0v) is 17.2. The first kappa shape index (κ1) is 24.1. The second-order valence-corrected chi connectivity index (χ2v) is 7.32. The Morgan fingerprint density at radius 1 is 1.19 bits per heavy atom. The van der Waals surface area contributed by atoms with E-state index >= 15 is 0 Å². The van der Waals surface area contributed by atoms with E-state index in [0.717, 1.165) is 25.3 Å². The summed E-state index contributed by atoms with van der Waals surface area (Å²) in [6.07, 6.45) is 3.73. The quantitative estimate of drug-likeness (QED) is 0.805. The number of nitrogens with zero attached hydrogens (tertiary/aromatic N) is 2. The first-order chi connectivity index (χ1) is 12.0. The maximum absolute atomic E-state index is 14.0. The van der Waals surface area contributed by atoms with Gasteiger partial charge in [0.1, 0.15) is 11.6 Å². The number of carbonyl (C=O) groups excluding carboxylic acids is 1. The molecule has 0 radical (unpaired) electrons. The van der Waals surface area contributed by atoms with E-state index in [1.54, 1.807) is 0 Å². The van der Waals surface area contributed by atoms with Gasteiger partial charge in [-0.05, 0) is 31.7 Å². The van der Waals surface area contributed by atoms with Crippen LogP contribution in [0, 0.1) is 17.6 Å². The molecule has 1 aliphatic heterocycles. The minimum absolute atomic E-state index is 0. The van der Waals surface area contributed by atoms with Gasteiger partial charge in [-0.3, -0.25) is 9.69 Å². The molecular formula is C19H29Cl2F2N3O. The summed E-state index contributed by atoms with van der Waals surface area (Å²) in [7, 11) is 0. The summed E-state index contributed by atoms with van der Waals surface area (Å²) in [6.45, 7) is 4.61. The number of amides is 1. The maximum Gasteiger partial charge on any atom is 0.222 e. The highest BCUT2D eigenvalue weighted by Gasteiger charge is 2.30. The van der Waals surface area contributed by atoms with Crippen molar-refractivity contribution in [2.24, 2.45) is 11.7 Å². The smallest absolute Gasteiger partial charge is 0.222 e. The van der Waals surface area contributed by atoms with Gasteiger partial charge in [-0.2, -0.15) is 0 Å². The Hall–Kier alpha value is -0.950. The number of rotatable bonds is 4. The highest BCUT2D eigenvalue weighted by molar-refractivity contribution is 5.85. The normalized spacial score (nSPS) is 24.1. The van der Waals surface area contributed by atoms with Crippen LogP contribution < -0.4 is 5.73 Å². The van der Waals surface area contributed by atoms with Crippen molar-refractivity contribution < 1.29 is 13.6 Å². The lowest BCUT2D eigenvalue weighted by atomic mass is 9.99. The van der Waals surface area contributed by atoms with Gasteiger partial charge in [0.25, 0.3) is 0 Å². The molecule has 1 aromatic rings. The molecule has 8 heteroatoms. The minimum atomic E-state index is -0.561. The molecule has 2 N–H and O–H groups in total. The van der Waals surface area contributed by atoms with Gasteiger partial charge >= 0.3 is 0 Å². The Kier molecular flexibility index (Phi) is 9.42. The Labute approximate surface area is 172 Å². The van der Waals surface area contributed by atoms with Gasteiger partial charge in [-0.25, -0.2) is 8.78 Å². The molecule has 27 heavy (non-hydrogen) atoms. The molecule has 1 aromatic carbocycles. The SMILES string of the molecule is CC(c1ccc(F)cc1F)N1CCN(C(=O)C[C@@H]2CCC[C@H]2N)CC1.Cl.Cl. The van der Waals surface area contributed by atoms with E-state index in [1.807, 2.05) is 11.8 Å². The van der Waals surface area contributed by atoms with Crippen molar-refractivity contribution in [2.75, 3.05) is 26.2 Å². The van der Waals surface area contributed by atoms with Crippen molar-refractivity contribution >= 4 is 30.7 Å². The molecule has 154 valence electrons. The maximum atomic E-state index is 14.0. The molecule has 1 unspecified atom stereocenters. The van der Waals surface area contributed by atoms with E-state index in [1.165, 1.54) is 12.1 Å². The van der Waals surface area contributed by atoms with Crippen LogP contribution >= 0.6 is 24.8 Å². The van der Waals surface area contributed by atoms with E-state index in [9.17, 15) is 13.6 Å². The first-order valence-corrected chi connectivity index (χ1v) is 9.18. The lowest BCUT2D eigenvalue weighted by Gasteiger charge is -2.38. The number of piperazine rings is 1. The minimum Gasteiger partial charge on any atom is -0.340 e. The molecule has 2 fully saturated rings. The highest BCUT2D eigenvalue weighted by Crippen LogP contribution is 2.28. The Bertz CT molecular complexity index is 627. The average molecular weight is 424 g/mol. The van der Waals surface area contributed by atoms with Crippen LogP contribution in [-0.2, 0) is 4.79 Å². The van der Waals surface area contributed by atoms with Crippen LogP contribution in [0.3, 0.4) is 0 Å². The molecular weight excluding hydrogens is 395 g/mol. The van der Waals surface area contributed by atoms with Gasteiger partial charge in [0, 0.05) is 56.3 Å². The zero-order chi connectivity index (χ0) is 18.0. The van der Waals surface area contributed by atoms with Crippen molar-refractivity contribution in [3.63, 3.8) is 0 Å². The topological polar surface area (TPSA) is 49.6 Å². The van der Waals surface area contributed by atoms with E-state index in [-0.39, 0.29) is 42.8 Å². The lowest BCUT2D eigenvalue weighted by Crippen LogP contribution is -2.50. The van der Waals surface area contributed by atoms with Crippen LogP contribution in [0.5, 0.6) is 0 Å². The molecule has 3 rings (SSSR count). The van der Waals surface area contributed by atoms with Gasteiger partial charge < -0.3 is 10.6 Å². The first-order valence-electron chi connectivity index (χ1n) is 9.18. The van der Waals surface area contributed by atoms with Crippen LogP contribution in [0.1, 0.15) is 44.2 Å². The van der Waals surface area contributed by atoms with Gasteiger partial charge in [0.05, 0.1) is 0 Å². The number of carbonyl (C=O) groups is 1. The molecule has 1 amide bonds. The molecule has 1 saturated heterocycles. The molecule has 1 heterocycles. The predicted octanol–water partition coefficient (Wildman–Crippen LogP) is 3.53.